The minimum Gasteiger partial charge on any atom is -0.352 e. The fraction of sp³-hybridized carbons (Fsp3) is 0.556. The van der Waals surface area contributed by atoms with Crippen molar-refractivity contribution in [3.05, 3.63) is 29.8 Å². The number of aromatic nitrogens is 4. The van der Waals surface area contributed by atoms with Crippen LogP contribution in [0.1, 0.15) is 45.1 Å². The van der Waals surface area contributed by atoms with Crippen LogP contribution < -0.4 is 5.32 Å². The average molecular weight is 359 g/mol. The summed E-state index contributed by atoms with van der Waals surface area (Å²) in [7, 11) is 0. The number of carbonyl (C=O) groups is 1. The monoisotopic (exact) mass is 359 g/mol. The van der Waals surface area contributed by atoms with Crippen molar-refractivity contribution in [2.75, 3.05) is 0 Å². The van der Waals surface area contributed by atoms with Crippen molar-refractivity contribution in [3.63, 3.8) is 0 Å². The van der Waals surface area contributed by atoms with E-state index in [2.05, 4.69) is 27.8 Å². The van der Waals surface area contributed by atoms with Crippen molar-refractivity contribution < 1.29 is 4.79 Å². The summed E-state index contributed by atoms with van der Waals surface area (Å²) in [6.45, 7) is 6.16. The SMILES string of the molecule is Cc1cccc(-n2nnnc2SC(C)C(=O)NC2CCCCC2C)c1. The van der Waals surface area contributed by atoms with Gasteiger partial charge < -0.3 is 5.32 Å². The normalized spacial score (nSPS) is 21.7. The second-order valence-corrected chi connectivity index (χ2v) is 8.16. The topological polar surface area (TPSA) is 72.7 Å². The summed E-state index contributed by atoms with van der Waals surface area (Å²) in [6.07, 6.45) is 4.73. The van der Waals surface area contributed by atoms with Crippen LogP contribution in [0, 0.1) is 12.8 Å². The minimum absolute atomic E-state index is 0.0579. The Morgan fingerprint density at radius 3 is 2.92 bits per heavy atom. The maximum atomic E-state index is 12.6. The third kappa shape index (κ3) is 4.39. The van der Waals surface area contributed by atoms with E-state index in [9.17, 15) is 4.79 Å². The lowest BCUT2D eigenvalue weighted by Gasteiger charge is -2.30. The summed E-state index contributed by atoms with van der Waals surface area (Å²) in [6, 6.07) is 8.28. The van der Waals surface area contributed by atoms with E-state index in [4.69, 9.17) is 0 Å². The summed E-state index contributed by atoms with van der Waals surface area (Å²) in [5.41, 5.74) is 2.04. The van der Waals surface area contributed by atoms with Crippen LogP contribution in [0.3, 0.4) is 0 Å². The summed E-state index contributed by atoms with van der Waals surface area (Å²) in [4.78, 5) is 12.6. The molecule has 1 aliphatic rings. The van der Waals surface area contributed by atoms with Gasteiger partial charge in [0.1, 0.15) is 0 Å². The maximum Gasteiger partial charge on any atom is 0.233 e. The molecule has 1 N–H and O–H groups in total. The number of aryl methyl sites for hydroxylation is 1. The predicted octanol–water partition coefficient (Wildman–Crippen LogP) is 3.15. The van der Waals surface area contributed by atoms with Crippen molar-refractivity contribution in [1.29, 1.82) is 0 Å². The first kappa shape index (κ1) is 17.9. The molecule has 25 heavy (non-hydrogen) atoms. The molecule has 1 aromatic carbocycles. The van der Waals surface area contributed by atoms with E-state index in [1.165, 1.54) is 31.0 Å². The number of thioether (sulfide) groups is 1. The Morgan fingerprint density at radius 2 is 2.16 bits per heavy atom. The van der Waals surface area contributed by atoms with E-state index in [0.29, 0.717) is 11.1 Å². The van der Waals surface area contributed by atoms with Gasteiger partial charge in [0, 0.05) is 6.04 Å². The van der Waals surface area contributed by atoms with Crippen LogP contribution in [0.5, 0.6) is 0 Å². The van der Waals surface area contributed by atoms with Crippen LogP contribution in [-0.2, 0) is 4.79 Å². The zero-order valence-electron chi connectivity index (χ0n) is 15.0. The van der Waals surface area contributed by atoms with Crippen molar-refractivity contribution in [2.45, 2.75) is 62.9 Å². The van der Waals surface area contributed by atoms with E-state index in [1.54, 1.807) is 4.68 Å². The number of benzene rings is 1. The Labute approximate surface area is 152 Å². The average Bonchev–Trinajstić information content (AvgIpc) is 3.05. The first-order valence-electron chi connectivity index (χ1n) is 8.87. The van der Waals surface area contributed by atoms with Gasteiger partial charge in [-0.15, -0.1) is 5.10 Å². The number of tetrazole rings is 1. The number of nitrogens with one attached hydrogen (secondary N) is 1. The third-order valence-corrected chi connectivity index (χ3v) is 5.81. The Bertz CT molecular complexity index is 732. The lowest BCUT2D eigenvalue weighted by atomic mass is 9.86. The summed E-state index contributed by atoms with van der Waals surface area (Å²) >= 11 is 1.39. The molecule has 1 heterocycles. The molecular weight excluding hydrogens is 334 g/mol. The van der Waals surface area contributed by atoms with E-state index in [0.717, 1.165) is 17.7 Å². The highest BCUT2D eigenvalue weighted by molar-refractivity contribution is 8.00. The molecule has 0 spiro atoms. The predicted molar refractivity (Wildman–Crippen MR) is 98.8 cm³/mol. The van der Waals surface area contributed by atoms with Crippen LogP contribution in [0.4, 0.5) is 0 Å². The van der Waals surface area contributed by atoms with Gasteiger partial charge in [-0.05, 0) is 60.7 Å². The first-order valence-corrected chi connectivity index (χ1v) is 9.75. The molecule has 3 rings (SSSR count). The Kier molecular flexibility index (Phi) is 5.73. The highest BCUT2D eigenvalue weighted by Crippen LogP contribution is 2.26. The fourth-order valence-electron chi connectivity index (χ4n) is 3.22. The molecule has 2 aromatic rings. The molecule has 0 saturated heterocycles. The van der Waals surface area contributed by atoms with Crippen LogP contribution >= 0.6 is 11.8 Å². The number of nitrogens with zero attached hydrogens (tertiary/aromatic N) is 4. The molecule has 3 atom stereocenters. The number of carbonyl (C=O) groups excluding carboxylic acids is 1. The minimum atomic E-state index is -0.247. The lowest BCUT2D eigenvalue weighted by molar-refractivity contribution is -0.121. The van der Waals surface area contributed by atoms with E-state index >= 15 is 0 Å². The first-order chi connectivity index (χ1) is 12.0. The van der Waals surface area contributed by atoms with Crippen LogP contribution in [-0.4, -0.2) is 37.4 Å². The van der Waals surface area contributed by atoms with Gasteiger partial charge in [0.25, 0.3) is 0 Å². The van der Waals surface area contributed by atoms with Crippen LogP contribution in [0.2, 0.25) is 0 Å². The van der Waals surface area contributed by atoms with Gasteiger partial charge in [-0.1, -0.05) is 43.7 Å². The molecule has 1 aliphatic carbocycles. The second kappa shape index (κ2) is 7.99. The molecule has 1 fully saturated rings. The molecule has 0 aliphatic heterocycles. The third-order valence-electron chi connectivity index (χ3n) is 4.78. The highest BCUT2D eigenvalue weighted by Gasteiger charge is 2.26. The standard InChI is InChI=1S/C18H25N5OS/c1-12-7-6-9-15(11-12)23-18(20-21-22-23)25-14(3)17(24)19-16-10-5-4-8-13(16)2/h6-7,9,11,13-14,16H,4-5,8,10H2,1-3H3,(H,19,24). The fourth-order valence-corrected chi connectivity index (χ4v) is 4.03. The molecule has 1 aromatic heterocycles. The summed E-state index contributed by atoms with van der Waals surface area (Å²) < 4.78 is 1.69. The molecule has 1 saturated carbocycles. The van der Waals surface area contributed by atoms with E-state index in [1.807, 2.05) is 38.1 Å². The highest BCUT2D eigenvalue weighted by atomic mass is 32.2. The zero-order chi connectivity index (χ0) is 17.8. The van der Waals surface area contributed by atoms with E-state index < -0.39 is 0 Å². The second-order valence-electron chi connectivity index (χ2n) is 6.85. The Balaban J connectivity index is 1.66. The smallest absolute Gasteiger partial charge is 0.233 e. The van der Waals surface area contributed by atoms with Gasteiger partial charge in [0.15, 0.2) is 0 Å². The zero-order valence-corrected chi connectivity index (χ0v) is 15.8. The molecule has 0 bridgehead atoms. The molecule has 1 amide bonds. The molecule has 7 heteroatoms. The number of hydrogen-bond donors (Lipinski definition) is 1. The van der Waals surface area contributed by atoms with Gasteiger partial charge in [-0.2, -0.15) is 4.68 Å². The molecule has 6 nitrogen and oxygen atoms in total. The molecule has 134 valence electrons. The van der Waals surface area contributed by atoms with Crippen molar-refractivity contribution >= 4 is 17.7 Å². The molecule has 0 radical (unpaired) electrons. The van der Waals surface area contributed by atoms with Crippen molar-refractivity contribution in [2.24, 2.45) is 5.92 Å². The summed E-state index contributed by atoms with van der Waals surface area (Å²) in [5.74, 6) is 0.607. The van der Waals surface area contributed by atoms with Crippen molar-refractivity contribution in [1.82, 2.24) is 25.5 Å². The maximum absolute atomic E-state index is 12.6. The quantitative estimate of drug-likeness (QED) is 0.830. The van der Waals surface area contributed by atoms with Crippen LogP contribution in [0.15, 0.2) is 29.4 Å². The number of hydrogen-bond acceptors (Lipinski definition) is 5. The summed E-state index contributed by atoms with van der Waals surface area (Å²) in [5, 5.41) is 15.5. The Morgan fingerprint density at radius 1 is 1.36 bits per heavy atom. The van der Waals surface area contributed by atoms with Crippen LogP contribution in [0.25, 0.3) is 5.69 Å². The molecular formula is C18H25N5OS. The van der Waals surface area contributed by atoms with E-state index in [-0.39, 0.29) is 17.2 Å². The van der Waals surface area contributed by atoms with Gasteiger partial charge in [-0.25, -0.2) is 0 Å². The molecule has 3 unspecified atom stereocenters. The number of amides is 1. The number of rotatable bonds is 5. The Hall–Kier alpha value is -1.89. The van der Waals surface area contributed by atoms with Gasteiger partial charge >= 0.3 is 0 Å². The largest absolute Gasteiger partial charge is 0.352 e. The van der Waals surface area contributed by atoms with Gasteiger partial charge in [-0.3, -0.25) is 4.79 Å². The van der Waals surface area contributed by atoms with Gasteiger partial charge in [0.05, 0.1) is 10.9 Å². The van der Waals surface area contributed by atoms with Crippen molar-refractivity contribution in [3.8, 4) is 5.69 Å². The van der Waals surface area contributed by atoms with Gasteiger partial charge in [0.2, 0.25) is 11.1 Å². The lowest BCUT2D eigenvalue weighted by Crippen LogP contribution is -2.44.